The van der Waals surface area contributed by atoms with E-state index in [9.17, 15) is 19.0 Å². The van der Waals surface area contributed by atoms with Crippen molar-refractivity contribution in [2.75, 3.05) is 40.9 Å². The normalized spacial score (nSPS) is 13.7. The first-order valence-corrected chi connectivity index (χ1v) is 38.5. The first-order valence-electron chi connectivity index (χ1n) is 37.0. The third-order valence-electron chi connectivity index (χ3n) is 16.7. The van der Waals surface area contributed by atoms with E-state index >= 15 is 0 Å². The van der Waals surface area contributed by atoms with E-state index in [1.807, 2.05) is 27.2 Å². The van der Waals surface area contributed by atoms with Gasteiger partial charge in [0.2, 0.25) is 5.91 Å². The summed E-state index contributed by atoms with van der Waals surface area (Å²) in [5.74, 6) is -0.488. The molecule has 0 spiro atoms. The van der Waals surface area contributed by atoms with Crippen LogP contribution in [0.15, 0.2) is 48.6 Å². The molecule has 0 aliphatic heterocycles. The quantitative estimate of drug-likeness (QED) is 0.0205. The van der Waals surface area contributed by atoms with Gasteiger partial charge < -0.3 is 19.4 Å². The van der Waals surface area contributed by atoms with Crippen LogP contribution in [0, 0.1) is 0 Å². The molecule has 9 nitrogen and oxygen atoms in total. The second-order valence-corrected chi connectivity index (χ2v) is 27.9. The van der Waals surface area contributed by atoms with Gasteiger partial charge in [-0.2, -0.15) is 0 Å². The molecule has 3 unspecified atom stereocenters. The Morgan fingerprint density at radius 1 is 0.412 bits per heavy atom. The zero-order chi connectivity index (χ0) is 62.1. The number of phosphoric ester groups is 1. The highest BCUT2D eigenvalue weighted by molar-refractivity contribution is 7.47. The fourth-order valence-electron chi connectivity index (χ4n) is 11.0. The first kappa shape index (κ1) is 83.0. The highest BCUT2D eigenvalue weighted by atomic mass is 31.2. The van der Waals surface area contributed by atoms with Gasteiger partial charge in [-0.1, -0.05) is 314 Å². The Kier molecular flexibility index (Phi) is 63.4. The minimum absolute atomic E-state index is 0.0419. The molecule has 0 radical (unpaired) electrons. The van der Waals surface area contributed by atoms with Crippen molar-refractivity contribution in [1.29, 1.82) is 0 Å². The molecule has 0 bridgehead atoms. The van der Waals surface area contributed by atoms with Crippen LogP contribution in [0.2, 0.25) is 0 Å². The Bertz CT molecular complexity index is 1590. The molecule has 0 aromatic rings. The van der Waals surface area contributed by atoms with Crippen LogP contribution in [0.25, 0.3) is 0 Å². The number of likely N-dealkylation sites (N-methyl/N-ethyl adjacent to an activating group) is 1. The predicted octanol–water partition coefficient (Wildman–Crippen LogP) is 23.6. The van der Waals surface area contributed by atoms with Crippen LogP contribution in [-0.2, 0) is 27.9 Å². The summed E-state index contributed by atoms with van der Waals surface area (Å²) in [4.78, 5) is 38.0. The van der Waals surface area contributed by atoms with E-state index in [4.69, 9.17) is 13.8 Å². The van der Waals surface area contributed by atoms with Crippen LogP contribution in [0.3, 0.4) is 0 Å². The van der Waals surface area contributed by atoms with E-state index in [0.717, 1.165) is 64.2 Å². The van der Waals surface area contributed by atoms with Gasteiger partial charge in [0.05, 0.1) is 33.8 Å². The lowest BCUT2D eigenvalue weighted by molar-refractivity contribution is -0.870. The number of carbonyl (C=O) groups excluding carboxylic acids is 2. The zero-order valence-electron chi connectivity index (χ0n) is 57.4. The number of rotatable bonds is 68. The number of allylic oxidation sites excluding steroid dienone is 7. The third kappa shape index (κ3) is 66.2. The molecule has 10 heteroatoms. The number of quaternary nitrogens is 1. The number of carbonyl (C=O) groups is 2. The molecule has 1 amide bonds. The predicted molar refractivity (Wildman–Crippen MR) is 369 cm³/mol. The van der Waals surface area contributed by atoms with Gasteiger partial charge in [0, 0.05) is 12.8 Å². The summed E-state index contributed by atoms with van der Waals surface area (Å²) < 4.78 is 30.9. The second kappa shape index (κ2) is 64.9. The number of unbranched alkanes of at least 4 members (excludes halogenated alkanes) is 46. The number of hydrogen-bond acceptors (Lipinski definition) is 6. The van der Waals surface area contributed by atoms with Crippen molar-refractivity contribution in [3.8, 4) is 0 Å². The van der Waals surface area contributed by atoms with Gasteiger partial charge in [-0.3, -0.25) is 18.6 Å². The standard InChI is InChI=1S/C75H143N2O7P/c1-7-10-13-16-19-22-25-28-30-32-34-36-37-38-39-41-42-44-46-49-52-55-58-61-64-67-74(78)76-72(71-83-85(80,81)82-70-69-77(4,5)6)73(66-63-60-57-54-51-48-27-24-21-18-15-12-9-3)84-75(79)68-65-62-59-56-53-50-47-45-43-40-35-33-31-29-26-23-20-17-14-11-8-2/h19,22,28-31,63,66,72-73H,7-18,20-21,23-27,32-62,64-65,67-71H2,1-6H3,(H-,76,78,80,81)/p+1/b22-19-,30-28-,31-29+,66-63-. The highest BCUT2D eigenvalue weighted by Gasteiger charge is 2.30. The lowest BCUT2D eigenvalue weighted by Gasteiger charge is -2.27. The molecule has 0 saturated heterocycles. The van der Waals surface area contributed by atoms with Gasteiger partial charge in [0.15, 0.2) is 0 Å². The van der Waals surface area contributed by atoms with Crippen LogP contribution in [0.5, 0.6) is 0 Å². The van der Waals surface area contributed by atoms with Crippen molar-refractivity contribution >= 4 is 19.7 Å². The average Bonchev–Trinajstić information content (AvgIpc) is 3.64. The number of phosphoric acid groups is 1. The fraction of sp³-hybridized carbons (Fsp3) is 0.867. The van der Waals surface area contributed by atoms with Gasteiger partial charge >= 0.3 is 13.8 Å². The van der Waals surface area contributed by atoms with E-state index in [0.29, 0.717) is 23.9 Å². The molecular weight excluding hydrogens is 1070 g/mol. The smallest absolute Gasteiger partial charge is 0.456 e. The first-order chi connectivity index (χ1) is 41.4. The van der Waals surface area contributed by atoms with Crippen LogP contribution < -0.4 is 5.32 Å². The largest absolute Gasteiger partial charge is 0.472 e. The number of nitrogens with one attached hydrogen (secondary N) is 1. The number of amides is 1. The van der Waals surface area contributed by atoms with Crippen LogP contribution in [0.1, 0.15) is 367 Å². The molecule has 0 aromatic heterocycles. The molecule has 0 aliphatic rings. The molecule has 2 N–H and O–H groups in total. The number of ether oxygens (including phenoxy) is 1. The maximum Gasteiger partial charge on any atom is 0.472 e. The minimum Gasteiger partial charge on any atom is -0.456 e. The minimum atomic E-state index is -4.45. The molecule has 0 aliphatic carbocycles. The molecular formula is C75H144N2O7P+. The summed E-state index contributed by atoms with van der Waals surface area (Å²) >= 11 is 0. The van der Waals surface area contributed by atoms with Crippen molar-refractivity contribution in [3.63, 3.8) is 0 Å². The van der Waals surface area contributed by atoms with Crippen molar-refractivity contribution < 1.29 is 37.3 Å². The molecule has 0 rings (SSSR count). The van der Waals surface area contributed by atoms with Gasteiger partial charge in [-0.15, -0.1) is 0 Å². The Balaban J connectivity index is 5.04. The maximum atomic E-state index is 13.6. The summed E-state index contributed by atoms with van der Waals surface area (Å²) in [5.41, 5.74) is 0. The second-order valence-electron chi connectivity index (χ2n) is 26.5. The topological polar surface area (TPSA) is 111 Å². The molecule has 0 heterocycles. The molecule has 85 heavy (non-hydrogen) atoms. The van der Waals surface area contributed by atoms with Crippen molar-refractivity contribution in [2.24, 2.45) is 0 Å². The van der Waals surface area contributed by atoms with Gasteiger partial charge in [-0.25, -0.2) is 4.57 Å². The fourth-order valence-corrected chi connectivity index (χ4v) is 11.8. The molecule has 3 atom stereocenters. The summed E-state index contributed by atoms with van der Waals surface area (Å²) in [5, 5.41) is 3.08. The van der Waals surface area contributed by atoms with Crippen LogP contribution >= 0.6 is 7.82 Å². The summed E-state index contributed by atoms with van der Waals surface area (Å²) in [7, 11) is 1.51. The monoisotopic (exact) mass is 1220 g/mol. The van der Waals surface area contributed by atoms with E-state index in [-0.39, 0.29) is 25.1 Å². The van der Waals surface area contributed by atoms with E-state index < -0.39 is 20.0 Å². The SMILES string of the molecule is CCCCC/C=C\C/C=C\CCCCCCCCCCCCCCCCCC(=O)NC(COP(=O)(O)OCC[N+](C)(C)C)C(/C=C\CCCCCCCCCCCCC)OC(=O)CCCCCCCCCCCCC/C=C/CCCCCCCC. The Hall–Kier alpha value is -2.03. The molecule has 0 saturated carbocycles. The van der Waals surface area contributed by atoms with E-state index in [2.05, 4.69) is 68.6 Å². The Morgan fingerprint density at radius 3 is 1.09 bits per heavy atom. The molecule has 0 fully saturated rings. The number of hydrogen-bond donors (Lipinski definition) is 2. The van der Waals surface area contributed by atoms with Gasteiger partial charge in [0.1, 0.15) is 19.3 Å². The lowest BCUT2D eigenvalue weighted by Crippen LogP contribution is -2.47. The Morgan fingerprint density at radius 2 is 0.718 bits per heavy atom. The lowest BCUT2D eigenvalue weighted by atomic mass is 10.0. The molecule has 0 aromatic carbocycles. The van der Waals surface area contributed by atoms with Crippen LogP contribution in [0.4, 0.5) is 0 Å². The summed E-state index contributed by atoms with van der Waals surface area (Å²) in [6.45, 7) is 7.04. The summed E-state index contributed by atoms with van der Waals surface area (Å²) in [6.07, 6.45) is 82.7. The average molecular weight is 1220 g/mol. The van der Waals surface area contributed by atoms with Crippen LogP contribution in [-0.4, -0.2) is 74.3 Å². The molecule has 500 valence electrons. The van der Waals surface area contributed by atoms with Gasteiger partial charge in [-0.05, 0) is 89.5 Å². The van der Waals surface area contributed by atoms with Gasteiger partial charge in [0.25, 0.3) is 0 Å². The van der Waals surface area contributed by atoms with E-state index in [1.165, 1.54) is 270 Å². The summed E-state index contributed by atoms with van der Waals surface area (Å²) in [6, 6.07) is -0.848. The van der Waals surface area contributed by atoms with E-state index in [1.54, 1.807) is 0 Å². The number of nitrogens with zero attached hydrogens (tertiary/aromatic N) is 1. The third-order valence-corrected chi connectivity index (χ3v) is 17.7. The maximum absolute atomic E-state index is 13.6. The number of esters is 1. The Labute approximate surface area is 529 Å². The van der Waals surface area contributed by atoms with Crippen molar-refractivity contribution in [3.05, 3.63) is 48.6 Å². The zero-order valence-corrected chi connectivity index (χ0v) is 58.3. The van der Waals surface area contributed by atoms with Crippen molar-refractivity contribution in [1.82, 2.24) is 5.32 Å². The van der Waals surface area contributed by atoms with Crippen molar-refractivity contribution in [2.45, 2.75) is 380 Å². The highest BCUT2D eigenvalue weighted by Crippen LogP contribution is 2.43.